The molecule has 6 aromatic rings. The Morgan fingerprint density at radius 3 is 1.19 bits per heavy atom. The maximum Gasteiger partial charge on any atom is 0.157 e. The zero-order valence-electron chi connectivity index (χ0n) is 28.6. The minimum Gasteiger partial charge on any atom is -0.308 e. The van der Waals surface area contributed by atoms with Crippen molar-refractivity contribution in [2.24, 2.45) is 4.52 Å². The maximum atomic E-state index is 5.60. The van der Waals surface area contributed by atoms with E-state index in [1.165, 1.54) is 66.4 Å². The fourth-order valence-electron chi connectivity index (χ4n) is 5.76. The highest BCUT2D eigenvalue weighted by Crippen LogP contribution is 2.63. The molecule has 6 rings (SSSR count). The molecular weight excluding hydrogens is 637 g/mol. The SMILES string of the molecule is Cc1ccc(P=NP(c2ccc(C)cc2)N(PC(c2ccc(C)cc2)(c2ccc(C)cc2)c2ccc(C)cc2)c2ccc(C)cc2)cc1. The molecule has 0 aliphatic heterocycles. The average Bonchev–Trinajstić information content (AvgIpc) is 3.09. The van der Waals surface area contributed by atoms with E-state index >= 15 is 0 Å². The molecule has 48 heavy (non-hydrogen) atoms. The molecule has 0 spiro atoms. The van der Waals surface area contributed by atoms with E-state index in [1.807, 2.05) is 0 Å². The Bertz CT molecular complexity index is 1850. The lowest BCUT2D eigenvalue weighted by molar-refractivity contribution is 0.883. The van der Waals surface area contributed by atoms with Gasteiger partial charge in [-0.1, -0.05) is 155 Å². The van der Waals surface area contributed by atoms with Gasteiger partial charge in [-0.3, -0.25) is 0 Å². The van der Waals surface area contributed by atoms with Crippen molar-refractivity contribution in [3.05, 3.63) is 196 Å². The third-order valence-corrected chi connectivity index (χ3v) is 14.2. The lowest BCUT2D eigenvalue weighted by Gasteiger charge is -2.42. The Balaban J connectivity index is 1.63. The summed E-state index contributed by atoms with van der Waals surface area (Å²) in [7, 11) is 0.137. The Morgan fingerprint density at radius 2 is 0.792 bits per heavy atom. The third kappa shape index (κ3) is 7.69. The van der Waals surface area contributed by atoms with Crippen molar-refractivity contribution in [2.75, 3.05) is 4.44 Å². The number of aryl methyl sites for hydroxylation is 6. The first-order valence-electron chi connectivity index (χ1n) is 16.4. The first kappa shape index (κ1) is 34.0. The van der Waals surface area contributed by atoms with Crippen LogP contribution in [0.25, 0.3) is 0 Å². The molecule has 0 heterocycles. The van der Waals surface area contributed by atoms with Gasteiger partial charge in [0.15, 0.2) is 8.22 Å². The van der Waals surface area contributed by atoms with Gasteiger partial charge >= 0.3 is 0 Å². The summed E-state index contributed by atoms with van der Waals surface area (Å²) in [5.41, 5.74) is 12.6. The van der Waals surface area contributed by atoms with E-state index in [4.69, 9.17) is 4.52 Å². The van der Waals surface area contributed by atoms with Gasteiger partial charge in [0.2, 0.25) is 0 Å². The van der Waals surface area contributed by atoms with E-state index in [9.17, 15) is 0 Å². The van der Waals surface area contributed by atoms with Gasteiger partial charge in [-0.15, -0.1) is 0 Å². The molecule has 6 aromatic carbocycles. The first-order valence-corrected chi connectivity index (χ1v) is 19.5. The van der Waals surface area contributed by atoms with Crippen molar-refractivity contribution in [3.63, 3.8) is 0 Å². The van der Waals surface area contributed by atoms with Crippen molar-refractivity contribution in [1.29, 1.82) is 0 Å². The average molecular weight is 681 g/mol. The fraction of sp³-hybridized carbons (Fsp3) is 0.163. The van der Waals surface area contributed by atoms with Gasteiger partial charge in [-0.2, -0.15) is 0 Å². The number of rotatable bonds is 10. The minimum atomic E-state index is -1.14. The molecule has 2 atom stereocenters. The molecule has 0 aliphatic carbocycles. The molecule has 0 bridgehead atoms. The first-order chi connectivity index (χ1) is 23.2. The van der Waals surface area contributed by atoms with Crippen molar-refractivity contribution < 1.29 is 0 Å². The molecule has 0 aliphatic rings. The van der Waals surface area contributed by atoms with Crippen LogP contribution in [0, 0.1) is 41.5 Å². The molecule has 2 nitrogen and oxygen atoms in total. The molecular formula is C43H43N2P3. The Hall–Kier alpha value is -3.92. The van der Waals surface area contributed by atoms with Gasteiger partial charge in [0, 0.05) is 33.4 Å². The van der Waals surface area contributed by atoms with E-state index in [-0.39, 0.29) is 0 Å². The molecule has 0 saturated heterocycles. The van der Waals surface area contributed by atoms with Gasteiger partial charge in [0.05, 0.1) is 5.16 Å². The number of nitrogens with zero attached hydrogens (tertiary/aromatic N) is 2. The summed E-state index contributed by atoms with van der Waals surface area (Å²) in [4.78, 5) is 0. The number of hydrogen-bond donors (Lipinski definition) is 0. The highest BCUT2D eigenvalue weighted by molar-refractivity contribution is 7.77. The van der Waals surface area contributed by atoms with Crippen LogP contribution >= 0.6 is 25.3 Å². The smallest absolute Gasteiger partial charge is 0.157 e. The van der Waals surface area contributed by atoms with Gasteiger partial charge in [0.1, 0.15) is 0 Å². The standard InChI is InChI=1S/C43H43N2P3/c1-31-7-19-37(20-8-31)43(38-21-9-32(2)10-22-38,39-23-11-33(3)12-24-39)47-45(40-25-13-34(4)14-26-40)48(42-29-17-36(6)18-30-42)44-46-41-27-15-35(5)16-28-41/h7-30,47H,1-6H3. The minimum absolute atomic E-state index is 0.314. The van der Waals surface area contributed by atoms with Gasteiger partial charge in [0.25, 0.3) is 0 Å². The van der Waals surface area contributed by atoms with E-state index in [0.717, 1.165) is 8.37 Å². The molecule has 0 aromatic heterocycles. The van der Waals surface area contributed by atoms with Crippen LogP contribution in [0.1, 0.15) is 50.1 Å². The van der Waals surface area contributed by atoms with Gasteiger partial charge in [-0.05, 0) is 82.5 Å². The summed E-state index contributed by atoms with van der Waals surface area (Å²) in [5.74, 6) is 0. The molecule has 5 heteroatoms. The zero-order chi connectivity index (χ0) is 33.7. The van der Waals surface area contributed by atoms with E-state index in [0.29, 0.717) is 8.73 Å². The summed E-state index contributed by atoms with van der Waals surface area (Å²) < 4.78 is 8.23. The van der Waals surface area contributed by atoms with Gasteiger partial charge < -0.3 is 4.44 Å². The van der Waals surface area contributed by atoms with Crippen molar-refractivity contribution in [2.45, 2.75) is 46.7 Å². The molecule has 0 radical (unpaired) electrons. The van der Waals surface area contributed by atoms with Crippen LogP contribution in [0.5, 0.6) is 0 Å². The lowest BCUT2D eigenvalue weighted by Crippen LogP contribution is -2.29. The highest BCUT2D eigenvalue weighted by atomic mass is 31.2. The second-order valence-electron chi connectivity index (χ2n) is 12.8. The topological polar surface area (TPSA) is 15.6 Å². The normalized spacial score (nSPS) is 12.5. The van der Waals surface area contributed by atoms with Crippen LogP contribution in [0.4, 0.5) is 5.69 Å². The largest absolute Gasteiger partial charge is 0.308 e. The summed E-state index contributed by atoms with van der Waals surface area (Å²) >= 11 is 0. The second kappa shape index (κ2) is 15.1. The molecule has 0 saturated carbocycles. The quantitative estimate of drug-likeness (QED) is 0.104. The van der Waals surface area contributed by atoms with Crippen molar-refractivity contribution >= 4 is 41.6 Å². The molecule has 2 unspecified atom stereocenters. The third-order valence-electron chi connectivity index (χ3n) is 8.74. The van der Waals surface area contributed by atoms with Crippen LogP contribution in [-0.2, 0) is 5.16 Å². The molecule has 0 N–H and O–H groups in total. The second-order valence-corrected chi connectivity index (χ2v) is 17.5. The Morgan fingerprint density at radius 1 is 0.458 bits per heavy atom. The molecule has 0 fully saturated rings. The van der Waals surface area contributed by atoms with E-state index in [2.05, 4.69) is 192 Å². The highest BCUT2D eigenvalue weighted by Gasteiger charge is 2.41. The van der Waals surface area contributed by atoms with Crippen LogP contribution in [0.3, 0.4) is 0 Å². The monoisotopic (exact) mass is 680 g/mol. The van der Waals surface area contributed by atoms with Gasteiger partial charge in [-0.25, -0.2) is 4.52 Å². The van der Waals surface area contributed by atoms with E-state index in [1.54, 1.807) is 0 Å². The number of hydrogen-bond acceptors (Lipinski definition) is 2. The van der Waals surface area contributed by atoms with Crippen molar-refractivity contribution in [1.82, 2.24) is 0 Å². The van der Waals surface area contributed by atoms with Crippen LogP contribution < -0.4 is 15.1 Å². The number of anilines is 1. The summed E-state index contributed by atoms with van der Waals surface area (Å²) in [6.07, 6.45) is 0. The fourth-order valence-corrected chi connectivity index (χ4v) is 11.5. The van der Waals surface area contributed by atoms with Crippen LogP contribution in [-0.4, -0.2) is 0 Å². The van der Waals surface area contributed by atoms with Crippen molar-refractivity contribution in [3.8, 4) is 0 Å². The lowest BCUT2D eigenvalue weighted by atomic mass is 9.83. The number of benzene rings is 6. The maximum absolute atomic E-state index is 5.60. The Labute approximate surface area is 291 Å². The van der Waals surface area contributed by atoms with E-state index < -0.39 is 13.4 Å². The summed E-state index contributed by atoms with van der Waals surface area (Å²) in [6.45, 7) is 13.0. The Kier molecular flexibility index (Phi) is 10.7. The molecule has 0 amide bonds. The van der Waals surface area contributed by atoms with Crippen LogP contribution in [0.15, 0.2) is 150 Å². The summed E-state index contributed by atoms with van der Waals surface area (Å²) in [6, 6.07) is 54.4. The zero-order valence-corrected chi connectivity index (χ0v) is 31.4. The summed E-state index contributed by atoms with van der Waals surface area (Å²) in [5, 5.41) is 1.99. The predicted octanol–water partition coefficient (Wildman–Crippen LogP) is 12.0. The predicted molar refractivity (Wildman–Crippen MR) is 213 cm³/mol. The molecule has 240 valence electrons. The van der Waals surface area contributed by atoms with Crippen LogP contribution in [0.2, 0.25) is 0 Å².